The average Bonchev–Trinajstić information content (AvgIpc) is 2.25. The van der Waals surface area contributed by atoms with Gasteiger partial charge in [-0.1, -0.05) is 31.0 Å². The van der Waals surface area contributed by atoms with E-state index in [9.17, 15) is 0 Å². The van der Waals surface area contributed by atoms with Crippen molar-refractivity contribution in [3.63, 3.8) is 0 Å². The van der Waals surface area contributed by atoms with Crippen LogP contribution in [0.25, 0.3) is 0 Å². The van der Waals surface area contributed by atoms with Gasteiger partial charge < -0.3 is 10.6 Å². The van der Waals surface area contributed by atoms with Crippen molar-refractivity contribution in [1.29, 1.82) is 0 Å². The highest BCUT2D eigenvalue weighted by Gasteiger charge is 2.05. The van der Waals surface area contributed by atoms with Crippen molar-refractivity contribution in [1.82, 2.24) is 0 Å². The first-order valence-corrected chi connectivity index (χ1v) is 5.69. The van der Waals surface area contributed by atoms with Gasteiger partial charge in [0.2, 0.25) is 0 Å². The van der Waals surface area contributed by atoms with Crippen LogP contribution in [0.2, 0.25) is 0 Å². The van der Waals surface area contributed by atoms with E-state index in [0.717, 1.165) is 6.54 Å². The average molecular weight is 206 g/mol. The summed E-state index contributed by atoms with van der Waals surface area (Å²) in [6.07, 6.45) is 2.46. The van der Waals surface area contributed by atoms with Crippen molar-refractivity contribution in [3.8, 4) is 0 Å². The molecule has 0 aromatic heterocycles. The van der Waals surface area contributed by atoms with Crippen molar-refractivity contribution < 1.29 is 0 Å². The number of hydrogen-bond donors (Lipinski definition) is 1. The lowest BCUT2D eigenvalue weighted by molar-refractivity contribution is 0.763. The molecule has 0 aliphatic heterocycles. The lowest BCUT2D eigenvalue weighted by atomic mass is 10.1. The smallest absolute Gasteiger partial charge is 0.0409 e. The van der Waals surface area contributed by atoms with Gasteiger partial charge in [0.05, 0.1) is 0 Å². The molecule has 0 spiro atoms. The molecule has 0 saturated carbocycles. The van der Waals surface area contributed by atoms with Crippen LogP contribution in [-0.2, 0) is 6.54 Å². The topological polar surface area (TPSA) is 29.3 Å². The van der Waals surface area contributed by atoms with Crippen LogP contribution in [0.4, 0.5) is 5.69 Å². The van der Waals surface area contributed by atoms with E-state index in [4.69, 9.17) is 5.73 Å². The summed E-state index contributed by atoms with van der Waals surface area (Å²) >= 11 is 0. The van der Waals surface area contributed by atoms with Gasteiger partial charge in [-0.2, -0.15) is 0 Å². The minimum Gasteiger partial charge on any atom is -0.374 e. The SMILES string of the molecule is CCCCN(C)c1ccc(C)cc1CN. The number of aryl methyl sites for hydroxylation is 1. The molecule has 84 valence electrons. The Balaban J connectivity index is 2.82. The second-order valence-electron chi connectivity index (χ2n) is 4.11. The molecule has 0 unspecified atom stereocenters. The number of benzene rings is 1. The summed E-state index contributed by atoms with van der Waals surface area (Å²) in [5, 5.41) is 0. The standard InChI is InChI=1S/C13H22N2/c1-4-5-8-15(3)13-7-6-11(2)9-12(13)10-14/h6-7,9H,4-5,8,10,14H2,1-3H3. The van der Waals surface area contributed by atoms with Gasteiger partial charge in [0.1, 0.15) is 0 Å². The van der Waals surface area contributed by atoms with Gasteiger partial charge in [-0.3, -0.25) is 0 Å². The lowest BCUT2D eigenvalue weighted by Gasteiger charge is -2.22. The van der Waals surface area contributed by atoms with Crippen molar-refractivity contribution in [3.05, 3.63) is 29.3 Å². The number of rotatable bonds is 5. The van der Waals surface area contributed by atoms with Crippen LogP contribution in [0.3, 0.4) is 0 Å². The van der Waals surface area contributed by atoms with E-state index in [2.05, 4.69) is 44.0 Å². The normalized spacial score (nSPS) is 10.4. The van der Waals surface area contributed by atoms with Gasteiger partial charge in [-0.25, -0.2) is 0 Å². The van der Waals surface area contributed by atoms with Crippen molar-refractivity contribution in [2.24, 2.45) is 5.73 Å². The van der Waals surface area contributed by atoms with Crippen molar-refractivity contribution >= 4 is 5.69 Å². The summed E-state index contributed by atoms with van der Waals surface area (Å²) in [5.41, 5.74) is 9.56. The Bertz CT molecular complexity index is 307. The van der Waals surface area contributed by atoms with Gasteiger partial charge >= 0.3 is 0 Å². The fourth-order valence-electron chi connectivity index (χ4n) is 1.77. The number of nitrogens with zero attached hydrogens (tertiary/aromatic N) is 1. The molecule has 15 heavy (non-hydrogen) atoms. The molecule has 0 radical (unpaired) electrons. The molecular formula is C13H22N2. The van der Waals surface area contributed by atoms with E-state index in [1.807, 2.05) is 0 Å². The van der Waals surface area contributed by atoms with E-state index < -0.39 is 0 Å². The maximum absolute atomic E-state index is 5.76. The van der Waals surface area contributed by atoms with E-state index in [1.54, 1.807) is 0 Å². The number of unbranched alkanes of at least 4 members (excludes halogenated alkanes) is 1. The molecular weight excluding hydrogens is 184 g/mol. The number of nitrogens with two attached hydrogens (primary N) is 1. The molecule has 1 rings (SSSR count). The third-order valence-electron chi connectivity index (χ3n) is 2.71. The zero-order valence-electron chi connectivity index (χ0n) is 10.1. The zero-order valence-corrected chi connectivity index (χ0v) is 10.1. The molecule has 0 amide bonds. The fourth-order valence-corrected chi connectivity index (χ4v) is 1.77. The Morgan fingerprint density at radius 2 is 2.07 bits per heavy atom. The third kappa shape index (κ3) is 3.24. The number of anilines is 1. The minimum atomic E-state index is 0.619. The summed E-state index contributed by atoms with van der Waals surface area (Å²) < 4.78 is 0. The van der Waals surface area contributed by atoms with Gasteiger partial charge in [-0.15, -0.1) is 0 Å². The maximum Gasteiger partial charge on any atom is 0.0409 e. The Kier molecular flexibility index (Phi) is 4.63. The Hall–Kier alpha value is -1.02. The van der Waals surface area contributed by atoms with E-state index in [-0.39, 0.29) is 0 Å². The van der Waals surface area contributed by atoms with Crippen molar-refractivity contribution in [2.75, 3.05) is 18.5 Å². The summed E-state index contributed by atoms with van der Waals surface area (Å²) in [7, 11) is 2.14. The summed E-state index contributed by atoms with van der Waals surface area (Å²) in [6.45, 7) is 6.04. The molecule has 0 saturated heterocycles. The minimum absolute atomic E-state index is 0.619. The fraction of sp³-hybridized carbons (Fsp3) is 0.538. The highest BCUT2D eigenvalue weighted by molar-refractivity contribution is 5.54. The first-order valence-electron chi connectivity index (χ1n) is 5.69. The van der Waals surface area contributed by atoms with Crippen LogP contribution < -0.4 is 10.6 Å². The Morgan fingerprint density at radius 3 is 2.67 bits per heavy atom. The predicted molar refractivity (Wildman–Crippen MR) is 67.2 cm³/mol. The largest absolute Gasteiger partial charge is 0.374 e. The van der Waals surface area contributed by atoms with Gasteiger partial charge in [-0.05, 0) is 25.0 Å². The zero-order chi connectivity index (χ0) is 11.3. The summed E-state index contributed by atoms with van der Waals surface area (Å²) in [5.74, 6) is 0. The molecule has 1 aromatic rings. The molecule has 0 atom stereocenters. The lowest BCUT2D eigenvalue weighted by Crippen LogP contribution is -2.20. The predicted octanol–water partition coefficient (Wildman–Crippen LogP) is 2.69. The highest BCUT2D eigenvalue weighted by Crippen LogP contribution is 2.20. The first kappa shape index (κ1) is 12.1. The second kappa shape index (κ2) is 5.76. The molecule has 2 nitrogen and oxygen atoms in total. The van der Waals surface area contributed by atoms with Gasteiger partial charge in [0.25, 0.3) is 0 Å². The molecule has 0 aliphatic rings. The van der Waals surface area contributed by atoms with Gasteiger partial charge in [0.15, 0.2) is 0 Å². The molecule has 1 aromatic carbocycles. The summed E-state index contributed by atoms with van der Waals surface area (Å²) in [6, 6.07) is 6.50. The van der Waals surface area contributed by atoms with E-state index in [0.29, 0.717) is 6.54 Å². The Labute approximate surface area is 93.1 Å². The molecule has 0 aliphatic carbocycles. The highest BCUT2D eigenvalue weighted by atomic mass is 15.1. The quantitative estimate of drug-likeness (QED) is 0.802. The van der Waals surface area contributed by atoms with Crippen LogP contribution in [0.15, 0.2) is 18.2 Å². The molecule has 2 N–H and O–H groups in total. The van der Waals surface area contributed by atoms with Crippen LogP contribution in [0.1, 0.15) is 30.9 Å². The second-order valence-corrected chi connectivity index (χ2v) is 4.11. The maximum atomic E-state index is 5.76. The molecule has 2 heteroatoms. The van der Waals surface area contributed by atoms with Crippen LogP contribution >= 0.6 is 0 Å². The van der Waals surface area contributed by atoms with E-state index in [1.165, 1.54) is 29.7 Å². The van der Waals surface area contributed by atoms with Crippen molar-refractivity contribution in [2.45, 2.75) is 33.2 Å². The molecule has 0 heterocycles. The monoisotopic (exact) mass is 206 g/mol. The third-order valence-corrected chi connectivity index (χ3v) is 2.71. The Morgan fingerprint density at radius 1 is 1.33 bits per heavy atom. The van der Waals surface area contributed by atoms with E-state index >= 15 is 0 Å². The van der Waals surface area contributed by atoms with Crippen LogP contribution in [0.5, 0.6) is 0 Å². The van der Waals surface area contributed by atoms with Crippen LogP contribution in [-0.4, -0.2) is 13.6 Å². The summed E-state index contributed by atoms with van der Waals surface area (Å²) in [4.78, 5) is 2.30. The first-order chi connectivity index (χ1) is 7.19. The molecule has 0 fully saturated rings. The van der Waals surface area contributed by atoms with Gasteiger partial charge in [0, 0.05) is 25.8 Å². The van der Waals surface area contributed by atoms with Crippen LogP contribution in [0, 0.1) is 6.92 Å². The molecule has 0 bridgehead atoms. The number of hydrogen-bond acceptors (Lipinski definition) is 2.